The number of piperazine rings is 1. The number of hydrogen-bond acceptors (Lipinski definition) is 6. The topological polar surface area (TPSA) is 59.3 Å². The molecular weight excluding hydrogens is 455 g/mol. The second-order valence-electron chi connectivity index (χ2n) is 9.31. The van der Waals surface area contributed by atoms with Gasteiger partial charge >= 0.3 is 0 Å². The summed E-state index contributed by atoms with van der Waals surface area (Å²) in [5.41, 5.74) is 5.88. The predicted octanol–water partition coefficient (Wildman–Crippen LogP) is 4.40. The Kier molecular flexibility index (Phi) is 6.95. The van der Waals surface area contributed by atoms with Gasteiger partial charge < -0.3 is 9.64 Å². The van der Waals surface area contributed by atoms with E-state index in [9.17, 15) is 4.39 Å². The zero-order valence-corrected chi connectivity index (χ0v) is 20.9. The molecule has 0 unspecified atom stereocenters. The van der Waals surface area contributed by atoms with Gasteiger partial charge in [-0.3, -0.25) is 4.90 Å². The van der Waals surface area contributed by atoms with Crippen LogP contribution in [0.15, 0.2) is 66.7 Å². The standard InChI is InChI=1S/C28H31FN6O/c1-20-4-5-21(2)26(18-20)33-14-16-34(17-15-33)27(23-8-10-24(29)11-9-23)28-30-31-32-35(28)19-22-6-12-25(36-3)13-7-22/h4-13,18,27H,14-17,19H2,1-3H3/t27-/m1/s1. The van der Waals surface area contributed by atoms with E-state index in [1.807, 2.05) is 41.1 Å². The normalized spacial score (nSPS) is 15.2. The number of benzene rings is 3. The van der Waals surface area contributed by atoms with Crippen LogP contribution in [0, 0.1) is 19.7 Å². The van der Waals surface area contributed by atoms with E-state index >= 15 is 0 Å². The van der Waals surface area contributed by atoms with Gasteiger partial charge in [-0.05, 0) is 76.9 Å². The lowest BCUT2D eigenvalue weighted by molar-refractivity contribution is 0.201. The van der Waals surface area contributed by atoms with Gasteiger partial charge in [-0.15, -0.1) is 5.10 Å². The minimum atomic E-state index is -0.255. The minimum absolute atomic E-state index is 0.181. The second-order valence-corrected chi connectivity index (χ2v) is 9.31. The summed E-state index contributed by atoms with van der Waals surface area (Å²) >= 11 is 0. The van der Waals surface area contributed by atoms with Crippen molar-refractivity contribution in [3.8, 4) is 5.75 Å². The highest BCUT2D eigenvalue weighted by Gasteiger charge is 2.31. The van der Waals surface area contributed by atoms with Crippen LogP contribution < -0.4 is 9.64 Å². The van der Waals surface area contributed by atoms with Crippen LogP contribution in [-0.4, -0.2) is 58.4 Å². The number of aromatic nitrogens is 4. The van der Waals surface area contributed by atoms with Crippen LogP contribution >= 0.6 is 0 Å². The number of methoxy groups -OCH3 is 1. The molecule has 5 rings (SSSR count). The molecule has 2 heterocycles. The SMILES string of the molecule is COc1ccc(Cn2nnnc2[C@@H](c2ccc(F)cc2)N2CCN(c3cc(C)ccc3C)CC2)cc1. The molecule has 3 aromatic carbocycles. The summed E-state index contributed by atoms with van der Waals surface area (Å²) in [6, 6.07) is 21.0. The van der Waals surface area contributed by atoms with Crippen molar-refractivity contribution in [3.05, 3.63) is 101 Å². The molecule has 0 saturated carbocycles. The quantitative estimate of drug-likeness (QED) is 0.386. The van der Waals surface area contributed by atoms with Gasteiger partial charge in [-0.1, -0.05) is 36.4 Å². The van der Waals surface area contributed by atoms with Gasteiger partial charge in [0.25, 0.3) is 0 Å². The van der Waals surface area contributed by atoms with Crippen LogP contribution in [0.3, 0.4) is 0 Å². The Morgan fingerprint density at radius 3 is 2.33 bits per heavy atom. The van der Waals surface area contributed by atoms with E-state index in [2.05, 4.69) is 57.4 Å². The zero-order chi connectivity index (χ0) is 25.1. The molecule has 4 aromatic rings. The number of halogens is 1. The summed E-state index contributed by atoms with van der Waals surface area (Å²) < 4.78 is 20.9. The van der Waals surface area contributed by atoms with Crippen molar-refractivity contribution in [2.75, 3.05) is 38.2 Å². The molecule has 1 fully saturated rings. The molecule has 186 valence electrons. The number of hydrogen-bond donors (Lipinski definition) is 0. The highest BCUT2D eigenvalue weighted by Crippen LogP contribution is 2.30. The molecule has 36 heavy (non-hydrogen) atoms. The lowest BCUT2D eigenvalue weighted by Gasteiger charge is -2.40. The van der Waals surface area contributed by atoms with Crippen LogP contribution in [0.2, 0.25) is 0 Å². The Morgan fingerprint density at radius 1 is 0.917 bits per heavy atom. The minimum Gasteiger partial charge on any atom is -0.497 e. The van der Waals surface area contributed by atoms with Gasteiger partial charge in [0.2, 0.25) is 0 Å². The summed E-state index contributed by atoms with van der Waals surface area (Å²) in [7, 11) is 1.65. The van der Waals surface area contributed by atoms with E-state index in [0.29, 0.717) is 6.54 Å². The molecule has 0 aliphatic carbocycles. The summed E-state index contributed by atoms with van der Waals surface area (Å²) in [5.74, 6) is 1.30. The van der Waals surface area contributed by atoms with Gasteiger partial charge in [0, 0.05) is 31.9 Å². The molecule has 0 spiro atoms. The van der Waals surface area contributed by atoms with E-state index in [-0.39, 0.29) is 11.9 Å². The van der Waals surface area contributed by atoms with Crippen LogP contribution in [0.4, 0.5) is 10.1 Å². The molecule has 7 nitrogen and oxygen atoms in total. The molecule has 1 aliphatic heterocycles. The Morgan fingerprint density at radius 2 is 1.64 bits per heavy atom. The highest BCUT2D eigenvalue weighted by atomic mass is 19.1. The maximum absolute atomic E-state index is 13.8. The molecular formula is C28H31FN6O. The van der Waals surface area contributed by atoms with Gasteiger partial charge in [0.1, 0.15) is 11.6 Å². The van der Waals surface area contributed by atoms with Crippen LogP contribution in [0.1, 0.15) is 34.1 Å². The maximum Gasteiger partial charge on any atom is 0.173 e. The molecule has 0 N–H and O–H groups in total. The lowest BCUT2D eigenvalue weighted by Crippen LogP contribution is -2.48. The number of anilines is 1. The predicted molar refractivity (Wildman–Crippen MR) is 138 cm³/mol. The zero-order valence-electron chi connectivity index (χ0n) is 20.9. The molecule has 1 atom stereocenters. The van der Waals surface area contributed by atoms with Crippen molar-refractivity contribution in [1.82, 2.24) is 25.1 Å². The van der Waals surface area contributed by atoms with Crippen LogP contribution in [-0.2, 0) is 6.54 Å². The third-order valence-corrected chi connectivity index (χ3v) is 6.87. The second kappa shape index (κ2) is 10.5. The number of ether oxygens (including phenoxy) is 1. The monoisotopic (exact) mass is 486 g/mol. The molecule has 1 saturated heterocycles. The largest absolute Gasteiger partial charge is 0.497 e. The summed E-state index contributed by atoms with van der Waals surface area (Å²) in [4.78, 5) is 4.84. The van der Waals surface area contributed by atoms with Crippen molar-refractivity contribution in [2.45, 2.75) is 26.4 Å². The first kappa shape index (κ1) is 23.9. The number of tetrazole rings is 1. The first-order valence-corrected chi connectivity index (χ1v) is 12.2. The maximum atomic E-state index is 13.8. The number of nitrogens with zero attached hydrogens (tertiary/aromatic N) is 6. The van der Waals surface area contributed by atoms with Gasteiger partial charge in [-0.2, -0.15) is 0 Å². The van der Waals surface area contributed by atoms with Crippen molar-refractivity contribution in [3.63, 3.8) is 0 Å². The van der Waals surface area contributed by atoms with Crippen LogP contribution in [0.5, 0.6) is 5.75 Å². The summed E-state index contributed by atoms with van der Waals surface area (Å²) in [5, 5.41) is 12.8. The van der Waals surface area contributed by atoms with Crippen molar-refractivity contribution in [2.24, 2.45) is 0 Å². The number of rotatable bonds is 7. The number of aryl methyl sites for hydroxylation is 2. The van der Waals surface area contributed by atoms with Crippen LogP contribution in [0.25, 0.3) is 0 Å². The average Bonchev–Trinajstić information content (AvgIpc) is 3.35. The highest BCUT2D eigenvalue weighted by molar-refractivity contribution is 5.55. The molecule has 1 aliphatic rings. The molecule has 1 aromatic heterocycles. The fourth-order valence-corrected chi connectivity index (χ4v) is 4.87. The smallest absolute Gasteiger partial charge is 0.173 e. The summed E-state index contributed by atoms with van der Waals surface area (Å²) in [6.45, 7) is 8.29. The average molecular weight is 487 g/mol. The third-order valence-electron chi connectivity index (χ3n) is 6.87. The molecule has 0 radical (unpaired) electrons. The van der Waals surface area contributed by atoms with E-state index in [1.54, 1.807) is 7.11 Å². The van der Waals surface area contributed by atoms with E-state index in [4.69, 9.17) is 4.74 Å². The molecule has 0 amide bonds. The molecule has 0 bridgehead atoms. The third kappa shape index (κ3) is 5.09. The first-order valence-electron chi connectivity index (χ1n) is 12.2. The van der Waals surface area contributed by atoms with Crippen molar-refractivity contribution < 1.29 is 9.13 Å². The van der Waals surface area contributed by atoms with E-state index < -0.39 is 0 Å². The fourth-order valence-electron chi connectivity index (χ4n) is 4.87. The Labute approximate surface area is 211 Å². The van der Waals surface area contributed by atoms with Gasteiger partial charge in [-0.25, -0.2) is 9.07 Å². The summed E-state index contributed by atoms with van der Waals surface area (Å²) in [6.07, 6.45) is 0. The Hall–Kier alpha value is -3.78. The fraction of sp³-hybridized carbons (Fsp3) is 0.321. The lowest BCUT2D eigenvalue weighted by atomic mass is 10.0. The van der Waals surface area contributed by atoms with E-state index in [0.717, 1.165) is 48.9 Å². The Bertz CT molecular complexity index is 1300. The molecule has 8 heteroatoms. The first-order chi connectivity index (χ1) is 17.5. The van der Waals surface area contributed by atoms with Gasteiger partial charge in [0.15, 0.2) is 5.82 Å². The van der Waals surface area contributed by atoms with E-state index in [1.165, 1.54) is 28.9 Å². The van der Waals surface area contributed by atoms with Crippen molar-refractivity contribution >= 4 is 5.69 Å². The van der Waals surface area contributed by atoms with Gasteiger partial charge in [0.05, 0.1) is 19.7 Å². The Balaban J connectivity index is 1.42. The van der Waals surface area contributed by atoms with Crippen molar-refractivity contribution in [1.29, 1.82) is 0 Å².